The van der Waals surface area contributed by atoms with E-state index in [4.69, 9.17) is 10.5 Å². The molecular weight excluding hydrogens is 967 g/mol. The zero-order valence-corrected chi connectivity index (χ0v) is 44.7. The summed E-state index contributed by atoms with van der Waals surface area (Å²) >= 11 is 1.58. The number of phenolic OH excluding ortho intramolecular Hbond substituents is 1. The van der Waals surface area contributed by atoms with E-state index in [9.17, 15) is 29.4 Å². The first kappa shape index (κ1) is 55.9. The number of thiazole rings is 1. The first-order valence-corrected chi connectivity index (χ1v) is 27.2. The molecule has 75 heavy (non-hydrogen) atoms. The number of unbranched alkanes of at least 4 members (excludes halogenated alkanes) is 7. The highest BCUT2D eigenvalue weighted by molar-refractivity contribution is 7.13. The van der Waals surface area contributed by atoms with Crippen LogP contribution in [-0.2, 0) is 25.7 Å². The highest BCUT2D eigenvalue weighted by atomic mass is 32.1. The molecule has 7 rings (SSSR count). The van der Waals surface area contributed by atoms with Gasteiger partial charge in [-0.05, 0) is 72.7 Å². The number of nitrogens with zero attached hydrogens (tertiary/aromatic N) is 6. The molecule has 398 valence electrons. The Kier molecular flexibility index (Phi) is 20.2. The van der Waals surface area contributed by atoms with Crippen LogP contribution in [-0.4, -0.2) is 128 Å². The average molecular weight is 1040 g/mol. The SMILES string of the molecule is Cc1ncsc1-c1ccc(CNC(=O)[C@@H]2C[C@@H](O)CN2C(=O)C(NC(=O)CCCCCCCCCCC(=O)N2CCN(CCOc3cccc(C#Cc4cc(-c5ccccc5O)nnc4N)c3)CC2)C(C)(C)C)cc1. The molecule has 5 aromatic rings. The molecule has 2 fully saturated rings. The number of aromatic hydroxyl groups is 1. The predicted octanol–water partition coefficient (Wildman–Crippen LogP) is 7.50. The van der Waals surface area contributed by atoms with Gasteiger partial charge in [0.15, 0.2) is 5.82 Å². The van der Waals surface area contributed by atoms with Crippen LogP contribution in [0, 0.1) is 24.2 Å². The summed E-state index contributed by atoms with van der Waals surface area (Å²) in [4.78, 5) is 64.9. The third-order valence-electron chi connectivity index (χ3n) is 13.8. The molecule has 0 spiro atoms. The lowest BCUT2D eigenvalue weighted by molar-refractivity contribution is -0.144. The second-order valence-electron chi connectivity index (χ2n) is 20.7. The third-order valence-corrected chi connectivity index (χ3v) is 14.8. The van der Waals surface area contributed by atoms with Crippen molar-refractivity contribution in [2.75, 3.05) is 51.6 Å². The third kappa shape index (κ3) is 16.3. The van der Waals surface area contributed by atoms with Crippen molar-refractivity contribution in [1.82, 2.24) is 40.5 Å². The number of aromatic nitrogens is 3. The number of likely N-dealkylation sites (tertiary alicyclic amines) is 1. The second-order valence-corrected chi connectivity index (χ2v) is 21.5. The van der Waals surface area contributed by atoms with Gasteiger partial charge in [-0.1, -0.05) is 114 Å². The van der Waals surface area contributed by atoms with Gasteiger partial charge in [0.1, 0.15) is 30.2 Å². The van der Waals surface area contributed by atoms with Gasteiger partial charge in [0.25, 0.3) is 0 Å². The number of nitrogens with one attached hydrogen (secondary N) is 2. The minimum Gasteiger partial charge on any atom is -0.507 e. The quantitative estimate of drug-likeness (QED) is 0.0337. The van der Waals surface area contributed by atoms with E-state index in [0.29, 0.717) is 61.5 Å². The number of carbonyl (C=O) groups is 4. The van der Waals surface area contributed by atoms with Crippen LogP contribution in [0.3, 0.4) is 0 Å². The van der Waals surface area contributed by atoms with E-state index in [1.165, 1.54) is 4.90 Å². The standard InChI is InChI=1S/C58H73N9O7S/c1-40-53(75-39-61-40)43-25-23-42(24-26-43)37-60-56(72)49-36-45(68)38-67(49)57(73)54(58(2,3)4)62-51(70)20-11-9-7-5-6-8-10-12-21-52(71)66-30-28-65(29-31-66)32-33-74-46-17-15-16-41(34-46)22-27-44-35-48(63-64-55(44)59)47-18-13-14-19-50(47)69/h13-19,23-26,34-35,39,45,49,54,68-69H,5-12,20-21,28-33,36-38H2,1-4H3,(H2,59,64)(H,60,72)(H,62,70)/t45-,49+,54?/m1/s1. The van der Waals surface area contributed by atoms with Gasteiger partial charge in [-0.3, -0.25) is 24.1 Å². The van der Waals surface area contributed by atoms with E-state index in [0.717, 1.165) is 91.8 Å². The highest BCUT2D eigenvalue weighted by Crippen LogP contribution is 2.30. The Balaban J connectivity index is 0.721. The van der Waals surface area contributed by atoms with Gasteiger partial charge in [-0.15, -0.1) is 21.5 Å². The number of nitrogen functional groups attached to an aromatic ring is 1. The number of phenols is 1. The molecule has 17 heteroatoms. The lowest BCUT2D eigenvalue weighted by atomic mass is 9.85. The molecule has 4 heterocycles. The second kappa shape index (κ2) is 27.1. The number of ether oxygens (including phenoxy) is 1. The van der Waals surface area contributed by atoms with Crippen molar-refractivity contribution in [3.63, 3.8) is 0 Å². The van der Waals surface area contributed by atoms with Crippen molar-refractivity contribution in [3.05, 3.63) is 107 Å². The molecule has 2 saturated heterocycles. The summed E-state index contributed by atoms with van der Waals surface area (Å²) in [6.45, 7) is 12.3. The molecule has 2 aliphatic heterocycles. The van der Waals surface area contributed by atoms with E-state index < -0.39 is 23.6 Å². The number of hydrogen-bond acceptors (Lipinski definition) is 13. The molecule has 4 amide bonds. The summed E-state index contributed by atoms with van der Waals surface area (Å²) < 4.78 is 6.08. The molecule has 0 aliphatic carbocycles. The fourth-order valence-corrected chi connectivity index (χ4v) is 10.2. The van der Waals surface area contributed by atoms with Crippen LogP contribution in [0.15, 0.2) is 84.4 Å². The van der Waals surface area contributed by atoms with Crippen LogP contribution >= 0.6 is 11.3 Å². The van der Waals surface area contributed by atoms with E-state index >= 15 is 0 Å². The van der Waals surface area contributed by atoms with Gasteiger partial charge < -0.3 is 41.1 Å². The van der Waals surface area contributed by atoms with E-state index in [2.05, 4.69) is 42.6 Å². The number of piperazine rings is 1. The van der Waals surface area contributed by atoms with Crippen molar-refractivity contribution in [2.45, 2.75) is 123 Å². The van der Waals surface area contributed by atoms with Gasteiger partial charge in [0, 0.05) is 76.2 Å². The number of aliphatic hydroxyl groups excluding tert-OH is 1. The molecule has 0 radical (unpaired) electrons. The largest absolute Gasteiger partial charge is 0.507 e. The molecular formula is C58H73N9O7S. The van der Waals surface area contributed by atoms with E-state index in [1.54, 1.807) is 35.6 Å². The van der Waals surface area contributed by atoms with Crippen molar-refractivity contribution in [1.29, 1.82) is 0 Å². The Morgan fingerprint density at radius 3 is 2.27 bits per heavy atom. The minimum absolute atomic E-state index is 0.0303. The fourth-order valence-electron chi connectivity index (χ4n) is 9.43. The minimum atomic E-state index is -0.853. The van der Waals surface area contributed by atoms with Gasteiger partial charge in [-0.25, -0.2) is 4.98 Å². The molecule has 3 atom stereocenters. The molecule has 2 aliphatic rings. The maximum absolute atomic E-state index is 14.0. The number of nitrogens with two attached hydrogens (primary N) is 1. The van der Waals surface area contributed by atoms with Crippen molar-refractivity contribution < 1.29 is 34.1 Å². The van der Waals surface area contributed by atoms with Crippen LogP contribution in [0.25, 0.3) is 21.7 Å². The van der Waals surface area contributed by atoms with E-state index in [1.807, 2.05) is 92.7 Å². The Morgan fingerprint density at radius 1 is 0.867 bits per heavy atom. The maximum atomic E-state index is 14.0. The fraction of sp³-hybridized carbons (Fsp3) is 0.466. The molecule has 0 saturated carbocycles. The molecule has 3 aromatic carbocycles. The normalized spacial score (nSPS) is 16.2. The van der Waals surface area contributed by atoms with Crippen LogP contribution < -0.4 is 21.1 Å². The van der Waals surface area contributed by atoms with Crippen molar-refractivity contribution in [2.24, 2.45) is 5.41 Å². The molecule has 0 bridgehead atoms. The number of para-hydroxylation sites is 1. The zero-order valence-electron chi connectivity index (χ0n) is 43.9. The summed E-state index contributed by atoms with van der Waals surface area (Å²) in [5.74, 6) is 6.56. The summed E-state index contributed by atoms with van der Waals surface area (Å²) in [5, 5.41) is 34.9. The van der Waals surface area contributed by atoms with Crippen LogP contribution in [0.1, 0.15) is 114 Å². The molecule has 1 unspecified atom stereocenters. The summed E-state index contributed by atoms with van der Waals surface area (Å²) in [5.41, 5.74) is 12.5. The lowest BCUT2D eigenvalue weighted by Gasteiger charge is -2.35. The van der Waals surface area contributed by atoms with E-state index in [-0.39, 0.29) is 54.7 Å². The topological polar surface area (TPSA) is 216 Å². The first-order chi connectivity index (χ1) is 36.1. The first-order valence-electron chi connectivity index (χ1n) is 26.3. The van der Waals surface area contributed by atoms with Gasteiger partial charge in [0.2, 0.25) is 23.6 Å². The Hall–Kier alpha value is -6.87. The number of aryl methyl sites for hydroxylation is 1. The number of anilines is 1. The number of carbonyl (C=O) groups excluding carboxylic acids is 4. The van der Waals surface area contributed by atoms with Crippen molar-refractivity contribution >= 4 is 40.8 Å². The predicted molar refractivity (Wildman–Crippen MR) is 292 cm³/mol. The maximum Gasteiger partial charge on any atom is 0.246 e. The molecule has 2 aromatic heterocycles. The number of rotatable bonds is 22. The number of benzene rings is 3. The van der Waals surface area contributed by atoms with Gasteiger partial charge in [-0.2, -0.15) is 0 Å². The summed E-state index contributed by atoms with van der Waals surface area (Å²) in [6, 6.07) is 22.4. The van der Waals surface area contributed by atoms with Crippen molar-refractivity contribution in [3.8, 4) is 45.0 Å². The smallest absolute Gasteiger partial charge is 0.246 e. The zero-order chi connectivity index (χ0) is 53.3. The Bertz CT molecular complexity index is 2780. The van der Waals surface area contributed by atoms with Crippen LogP contribution in [0.4, 0.5) is 5.82 Å². The summed E-state index contributed by atoms with van der Waals surface area (Å²) in [7, 11) is 0. The number of aliphatic hydroxyl groups is 1. The lowest BCUT2D eigenvalue weighted by Crippen LogP contribution is -2.57. The van der Waals surface area contributed by atoms with Gasteiger partial charge in [0.05, 0.1) is 33.4 Å². The monoisotopic (exact) mass is 1040 g/mol. The molecule has 16 nitrogen and oxygen atoms in total. The molecule has 6 N–H and O–H groups in total. The Labute approximate surface area is 445 Å². The highest BCUT2D eigenvalue weighted by Gasteiger charge is 2.44. The van der Waals surface area contributed by atoms with Gasteiger partial charge >= 0.3 is 0 Å². The van der Waals surface area contributed by atoms with Crippen LogP contribution in [0.5, 0.6) is 11.5 Å². The Morgan fingerprint density at radius 2 is 1.57 bits per heavy atom. The average Bonchev–Trinajstić information content (AvgIpc) is 4.02. The van der Waals surface area contributed by atoms with Crippen LogP contribution in [0.2, 0.25) is 0 Å². The summed E-state index contributed by atoms with van der Waals surface area (Å²) in [6.07, 6.45) is 7.88. The number of hydrogen-bond donors (Lipinski definition) is 5. The number of amides is 4. The number of β-amino-alcohol motifs (C(OH)–C–C–N with tert-alkyl or cyclic N) is 1.